The Morgan fingerprint density at radius 2 is 1.43 bits per heavy atom. The van der Waals surface area contributed by atoms with Crippen molar-refractivity contribution >= 4 is 10.1 Å². The fourth-order valence-corrected chi connectivity index (χ4v) is 3.27. The number of hydrogen-bond acceptors (Lipinski definition) is 3. The van der Waals surface area contributed by atoms with Gasteiger partial charge in [0.2, 0.25) is 0 Å². The second kappa shape index (κ2) is 3.20. The van der Waals surface area contributed by atoms with Gasteiger partial charge in [0, 0.05) is 0 Å². The largest absolute Gasteiger partial charge is 0.266 e. The van der Waals surface area contributed by atoms with Crippen molar-refractivity contribution in [2.45, 2.75) is 46.6 Å². The van der Waals surface area contributed by atoms with Crippen molar-refractivity contribution in [1.29, 1.82) is 0 Å². The molecule has 0 heterocycles. The quantitative estimate of drug-likeness (QED) is 0.670. The zero-order valence-electron chi connectivity index (χ0n) is 9.62. The van der Waals surface area contributed by atoms with E-state index in [1.165, 1.54) is 0 Å². The smallest absolute Gasteiger partial charge is 0.264 e. The van der Waals surface area contributed by atoms with Crippen molar-refractivity contribution < 1.29 is 12.6 Å². The summed E-state index contributed by atoms with van der Waals surface area (Å²) in [6.45, 7) is 8.27. The molecule has 14 heavy (non-hydrogen) atoms. The van der Waals surface area contributed by atoms with Crippen LogP contribution in [0.25, 0.3) is 0 Å². The van der Waals surface area contributed by atoms with Gasteiger partial charge in [-0.05, 0) is 23.7 Å². The highest BCUT2D eigenvalue weighted by molar-refractivity contribution is 7.86. The van der Waals surface area contributed by atoms with E-state index in [2.05, 4.69) is 27.7 Å². The molecular weight excluding hydrogens is 200 g/mol. The summed E-state index contributed by atoms with van der Waals surface area (Å²) in [6, 6.07) is 0. The fourth-order valence-electron chi connectivity index (χ4n) is 2.40. The molecule has 0 bridgehead atoms. The maximum absolute atomic E-state index is 11.1. The molecule has 84 valence electrons. The van der Waals surface area contributed by atoms with Gasteiger partial charge in [0.05, 0.1) is 12.4 Å². The van der Waals surface area contributed by atoms with Crippen molar-refractivity contribution in [2.24, 2.45) is 10.8 Å². The SMILES string of the molecule is CC1(C)CCC(C)(C)C1OS(C)(=O)=O. The Balaban J connectivity index is 2.93. The molecule has 0 radical (unpaired) electrons. The summed E-state index contributed by atoms with van der Waals surface area (Å²) in [4.78, 5) is 0. The molecule has 0 amide bonds. The summed E-state index contributed by atoms with van der Waals surface area (Å²) < 4.78 is 27.5. The Hall–Kier alpha value is -0.0900. The standard InChI is InChI=1S/C10H20O3S/c1-9(2)6-7-10(3,4)8(9)13-14(5,11)12/h8H,6-7H2,1-5H3. The second-order valence-corrected chi connectivity index (χ2v) is 7.26. The molecule has 0 N–H and O–H groups in total. The molecule has 0 aromatic rings. The first-order chi connectivity index (χ1) is 6.05. The summed E-state index contributed by atoms with van der Waals surface area (Å²) in [7, 11) is -3.35. The number of rotatable bonds is 2. The van der Waals surface area contributed by atoms with Crippen LogP contribution < -0.4 is 0 Å². The van der Waals surface area contributed by atoms with Crippen molar-refractivity contribution in [2.75, 3.05) is 6.26 Å². The average Bonchev–Trinajstić information content (AvgIpc) is 2.10. The fraction of sp³-hybridized carbons (Fsp3) is 1.00. The van der Waals surface area contributed by atoms with Crippen LogP contribution >= 0.6 is 0 Å². The van der Waals surface area contributed by atoms with Crippen LogP contribution in [0.3, 0.4) is 0 Å². The minimum Gasteiger partial charge on any atom is -0.266 e. The van der Waals surface area contributed by atoms with Crippen molar-refractivity contribution in [3.63, 3.8) is 0 Å². The third-order valence-corrected chi connectivity index (χ3v) is 3.65. The number of hydrogen-bond donors (Lipinski definition) is 0. The molecule has 1 fully saturated rings. The van der Waals surface area contributed by atoms with Gasteiger partial charge in [-0.2, -0.15) is 8.42 Å². The molecule has 0 aromatic heterocycles. The lowest BCUT2D eigenvalue weighted by Crippen LogP contribution is -2.37. The predicted molar refractivity (Wildman–Crippen MR) is 56.5 cm³/mol. The van der Waals surface area contributed by atoms with Crippen molar-refractivity contribution in [3.8, 4) is 0 Å². The van der Waals surface area contributed by atoms with Gasteiger partial charge in [-0.25, -0.2) is 0 Å². The van der Waals surface area contributed by atoms with E-state index in [4.69, 9.17) is 4.18 Å². The van der Waals surface area contributed by atoms with Crippen LogP contribution in [0.15, 0.2) is 0 Å². The van der Waals surface area contributed by atoms with E-state index in [0.29, 0.717) is 0 Å². The first-order valence-corrected chi connectivity index (χ1v) is 6.74. The minimum absolute atomic E-state index is 0.0490. The highest BCUT2D eigenvalue weighted by Crippen LogP contribution is 2.50. The highest BCUT2D eigenvalue weighted by atomic mass is 32.2. The van der Waals surface area contributed by atoms with E-state index in [1.54, 1.807) is 0 Å². The van der Waals surface area contributed by atoms with Crippen LogP contribution in [-0.4, -0.2) is 20.8 Å². The maximum atomic E-state index is 11.1. The molecule has 1 rings (SSSR count). The molecule has 0 spiro atoms. The minimum atomic E-state index is -3.35. The van der Waals surface area contributed by atoms with E-state index < -0.39 is 10.1 Å². The van der Waals surface area contributed by atoms with Gasteiger partial charge in [-0.1, -0.05) is 27.7 Å². The van der Waals surface area contributed by atoms with E-state index in [1.807, 2.05) is 0 Å². The highest BCUT2D eigenvalue weighted by Gasteiger charge is 2.49. The van der Waals surface area contributed by atoms with Crippen LogP contribution in [0, 0.1) is 10.8 Å². The average molecular weight is 220 g/mol. The molecule has 0 atom stereocenters. The monoisotopic (exact) mass is 220 g/mol. The topological polar surface area (TPSA) is 43.4 Å². The van der Waals surface area contributed by atoms with Gasteiger partial charge < -0.3 is 0 Å². The molecule has 1 saturated carbocycles. The molecule has 0 unspecified atom stereocenters. The van der Waals surface area contributed by atoms with E-state index in [0.717, 1.165) is 19.1 Å². The Bertz CT molecular complexity index is 298. The van der Waals surface area contributed by atoms with Gasteiger partial charge in [-0.15, -0.1) is 0 Å². The third kappa shape index (κ3) is 2.48. The molecule has 1 aliphatic rings. The molecule has 4 heteroatoms. The summed E-state index contributed by atoms with van der Waals surface area (Å²) in [5, 5.41) is 0. The normalized spacial score (nSPS) is 26.6. The lowest BCUT2D eigenvalue weighted by Gasteiger charge is -2.33. The molecule has 0 aromatic carbocycles. The van der Waals surface area contributed by atoms with Gasteiger partial charge in [0.15, 0.2) is 0 Å². The summed E-state index contributed by atoms with van der Waals surface area (Å²) >= 11 is 0. The van der Waals surface area contributed by atoms with Gasteiger partial charge in [0.25, 0.3) is 10.1 Å². The van der Waals surface area contributed by atoms with E-state index in [-0.39, 0.29) is 16.9 Å². The Morgan fingerprint density at radius 3 is 1.71 bits per heavy atom. The first kappa shape index (κ1) is 12.0. The molecule has 0 saturated heterocycles. The zero-order valence-corrected chi connectivity index (χ0v) is 10.4. The maximum Gasteiger partial charge on any atom is 0.264 e. The summed E-state index contributed by atoms with van der Waals surface area (Å²) in [6.07, 6.45) is 2.95. The molecule has 0 aliphatic heterocycles. The van der Waals surface area contributed by atoms with E-state index >= 15 is 0 Å². The van der Waals surface area contributed by atoms with Crippen LogP contribution in [0.1, 0.15) is 40.5 Å². The van der Waals surface area contributed by atoms with Gasteiger partial charge in [-0.3, -0.25) is 4.18 Å². The lowest BCUT2D eigenvalue weighted by atomic mass is 9.81. The Kier molecular flexibility index (Phi) is 2.74. The molecule has 3 nitrogen and oxygen atoms in total. The lowest BCUT2D eigenvalue weighted by molar-refractivity contribution is 0.0385. The van der Waals surface area contributed by atoms with Crippen LogP contribution in [-0.2, 0) is 14.3 Å². The molecule has 1 aliphatic carbocycles. The first-order valence-electron chi connectivity index (χ1n) is 4.93. The van der Waals surface area contributed by atoms with E-state index in [9.17, 15) is 8.42 Å². The Morgan fingerprint density at radius 1 is 1.07 bits per heavy atom. The van der Waals surface area contributed by atoms with Gasteiger partial charge in [0.1, 0.15) is 0 Å². The summed E-state index contributed by atoms with van der Waals surface area (Å²) in [5.74, 6) is 0. The van der Waals surface area contributed by atoms with Crippen molar-refractivity contribution in [1.82, 2.24) is 0 Å². The van der Waals surface area contributed by atoms with Gasteiger partial charge >= 0.3 is 0 Å². The van der Waals surface area contributed by atoms with Crippen LogP contribution in [0.4, 0.5) is 0 Å². The van der Waals surface area contributed by atoms with Crippen molar-refractivity contribution in [3.05, 3.63) is 0 Å². The van der Waals surface area contributed by atoms with Crippen LogP contribution in [0.2, 0.25) is 0 Å². The molecular formula is C10H20O3S. The third-order valence-electron chi connectivity index (χ3n) is 3.10. The second-order valence-electron chi connectivity index (χ2n) is 5.66. The van der Waals surface area contributed by atoms with Crippen LogP contribution in [0.5, 0.6) is 0 Å². The Labute approximate surface area is 87.0 Å². The summed E-state index contributed by atoms with van der Waals surface area (Å²) in [5.41, 5.74) is -0.0981. The zero-order chi connectivity index (χ0) is 11.2. The predicted octanol–water partition coefficient (Wildman–Crippen LogP) is 2.18.